The van der Waals surface area contributed by atoms with E-state index in [0.717, 1.165) is 64.6 Å². The van der Waals surface area contributed by atoms with E-state index >= 15 is 0 Å². The fourth-order valence-electron chi connectivity index (χ4n) is 6.05. The zero-order valence-electron chi connectivity index (χ0n) is 20.8. The summed E-state index contributed by atoms with van der Waals surface area (Å²) in [5.41, 5.74) is 8.74. The average molecular weight is 512 g/mol. The Bertz CT molecular complexity index is 1540. The molecule has 7 nitrogen and oxygen atoms in total. The van der Waals surface area contributed by atoms with Crippen molar-refractivity contribution in [3.8, 4) is 39.8 Å². The first-order chi connectivity index (χ1) is 18.5. The summed E-state index contributed by atoms with van der Waals surface area (Å²) in [6, 6.07) is 14.3. The number of fused-ring (bicyclic) bond motifs is 3. The lowest BCUT2D eigenvalue weighted by Gasteiger charge is -2.16. The molecule has 2 saturated heterocycles. The van der Waals surface area contributed by atoms with Crippen LogP contribution in [0.4, 0.5) is 8.78 Å². The molecule has 3 N–H and O–H groups in total. The highest BCUT2D eigenvalue weighted by Gasteiger charge is 2.46. The maximum atomic E-state index is 13.9. The minimum absolute atomic E-state index is 0.331. The molecule has 0 bridgehead atoms. The summed E-state index contributed by atoms with van der Waals surface area (Å²) >= 11 is 0. The fourth-order valence-corrected chi connectivity index (χ4v) is 6.05. The number of nitriles is 1. The van der Waals surface area contributed by atoms with Crippen molar-refractivity contribution in [2.45, 2.75) is 50.1 Å². The third-order valence-corrected chi connectivity index (χ3v) is 8.03. The number of benzene rings is 2. The number of aromatic nitrogens is 4. The van der Waals surface area contributed by atoms with Gasteiger partial charge in [-0.25, -0.2) is 18.7 Å². The van der Waals surface area contributed by atoms with Gasteiger partial charge in [-0.15, -0.1) is 0 Å². The first-order valence-corrected chi connectivity index (χ1v) is 13.1. The number of H-pyrrole nitrogens is 2. The van der Waals surface area contributed by atoms with Gasteiger partial charge in [0.1, 0.15) is 17.7 Å². The SMILES string of the molecule is N#CN1CC(F)(F)C[C@H]1c1ncc(-c2ccc(-c3ccc4c(c3)CCc3[nH]c([C@@H]5CCCN5)nc3-4)cc2)[nH]1. The smallest absolute Gasteiger partial charge is 0.268 e. The number of aromatic amines is 2. The molecule has 4 heterocycles. The molecule has 2 aromatic heterocycles. The van der Waals surface area contributed by atoms with E-state index in [9.17, 15) is 14.0 Å². The highest BCUT2D eigenvalue weighted by atomic mass is 19.3. The molecule has 0 amide bonds. The lowest BCUT2D eigenvalue weighted by atomic mass is 9.89. The number of hydrogen-bond donors (Lipinski definition) is 3. The van der Waals surface area contributed by atoms with Crippen LogP contribution >= 0.6 is 0 Å². The van der Waals surface area contributed by atoms with Crippen molar-refractivity contribution in [1.29, 1.82) is 5.26 Å². The van der Waals surface area contributed by atoms with Gasteiger partial charge in [0.15, 0.2) is 6.19 Å². The zero-order chi connectivity index (χ0) is 25.9. The number of nitrogens with one attached hydrogen (secondary N) is 3. The normalized spacial score (nSPS) is 21.8. The summed E-state index contributed by atoms with van der Waals surface area (Å²) in [7, 11) is 0. The van der Waals surface area contributed by atoms with E-state index in [1.54, 1.807) is 6.20 Å². The van der Waals surface area contributed by atoms with E-state index in [-0.39, 0.29) is 0 Å². The number of alkyl halides is 2. The maximum Gasteiger partial charge on any atom is 0.268 e. The molecule has 2 fully saturated rings. The number of hydrogen-bond acceptors (Lipinski definition) is 5. The number of nitrogens with zero attached hydrogens (tertiary/aromatic N) is 4. The van der Waals surface area contributed by atoms with E-state index in [1.165, 1.54) is 23.2 Å². The molecule has 2 atom stereocenters. The second-order valence-corrected chi connectivity index (χ2v) is 10.5. The van der Waals surface area contributed by atoms with E-state index < -0.39 is 24.9 Å². The molecule has 192 valence electrons. The van der Waals surface area contributed by atoms with Crippen LogP contribution in [0.2, 0.25) is 0 Å². The van der Waals surface area contributed by atoms with Gasteiger partial charge in [-0.2, -0.15) is 5.26 Å². The Morgan fingerprint density at radius 1 is 1.00 bits per heavy atom. The van der Waals surface area contributed by atoms with Crippen molar-refractivity contribution in [3.63, 3.8) is 0 Å². The Hall–Kier alpha value is -4.03. The van der Waals surface area contributed by atoms with Crippen molar-refractivity contribution >= 4 is 0 Å². The summed E-state index contributed by atoms with van der Waals surface area (Å²) in [5, 5.41) is 12.8. The molecular formula is C29H27F2N7. The number of aryl methyl sites for hydroxylation is 2. The van der Waals surface area contributed by atoms with Crippen LogP contribution in [-0.4, -0.2) is 43.8 Å². The molecule has 2 aromatic carbocycles. The Morgan fingerprint density at radius 2 is 1.82 bits per heavy atom. The quantitative estimate of drug-likeness (QED) is 0.314. The molecule has 0 radical (unpaired) electrons. The predicted octanol–water partition coefficient (Wildman–Crippen LogP) is 5.52. The van der Waals surface area contributed by atoms with Crippen LogP contribution in [-0.2, 0) is 12.8 Å². The van der Waals surface area contributed by atoms with Crippen molar-refractivity contribution in [1.82, 2.24) is 30.2 Å². The third-order valence-electron chi connectivity index (χ3n) is 8.03. The molecule has 9 heteroatoms. The van der Waals surface area contributed by atoms with Crippen LogP contribution in [0.1, 0.15) is 54.3 Å². The molecule has 2 aliphatic heterocycles. The summed E-state index contributed by atoms with van der Waals surface area (Å²) in [5.74, 6) is -1.44. The first-order valence-electron chi connectivity index (χ1n) is 13.1. The highest BCUT2D eigenvalue weighted by molar-refractivity contribution is 5.76. The van der Waals surface area contributed by atoms with Gasteiger partial charge in [0.25, 0.3) is 5.92 Å². The number of imidazole rings is 2. The third kappa shape index (κ3) is 3.96. The Labute approximate surface area is 218 Å². The standard InChI is InChI=1S/C29H27F2N7/c30-29(31)13-25(38(15-29)16-32)28-34-14-24(36-28)18-5-3-17(4-6-18)19-7-9-21-20(12-19)8-10-22-26(21)37-27(35-22)23-2-1-11-33-23/h3-7,9,12,14,23,25,33H,1-2,8,10-11,13,15H2,(H,34,36)(H,35,37)/t23-,25-/m0/s1. The average Bonchev–Trinajstić information content (AvgIpc) is 3.73. The molecule has 0 saturated carbocycles. The molecule has 0 unspecified atom stereocenters. The monoisotopic (exact) mass is 511 g/mol. The van der Waals surface area contributed by atoms with Gasteiger partial charge < -0.3 is 15.3 Å². The second kappa shape index (κ2) is 8.77. The van der Waals surface area contributed by atoms with Crippen LogP contribution in [0.3, 0.4) is 0 Å². The van der Waals surface area contributed by atoms with Gasteiger partial charge in [-0.3, -0.25) is 4.90 Å². The Balaban J connectivity index is 1.11. The van der Waals surface area contributed by atoms with Crippen molar-refractivity contribution in [2.75, 3.05) is 13.1 Å². The molecule has 0 spiro atoms. The number of likely N-dealkylation sites (tertiary alicyclic amines) is 1. The minimum atomic E-state index is -2.89. The van der Waals surface area contributed by atoms with Crippen LogP contribution < -0.4 is 5.32 Å². The molecule has 38 heavy (non-hydrogen) atoms. The summed E-state index contributed by atoms with van der Waals surface area (Å²) in [6.07, 6.45) is 7.36. The zero-order valence-corrected chi connectivity index (χ0v) is 20.8. The molecule has 1 aliphatic carbocycles. The molecule has 3 aliphatic rings. The number of rotatable bonds is 4. The lowest BCUT2D eigenvalue weighted by Crippen LogP contribution is -2.22. The fraction of sp³-hybridized carbons (Fsp3) is 0.345. The van der Waals surface area contributed by atoms with Gasteiger partial charge >= 0.3 is 0 Å². The maximum absolute atomic E-state index is 13.9. The summed E-state index contributed by atoms with van der Waals surface area (Å²) < 4.78 is 27.7. The van der Waals surface area contributed by atoms with Gasteiger partial charge in [-0.05, 0) is 54.5 Å². The molecule has 7 rings (SSSR count). The van der Waals surface area contributed by atoms with Gasteiger partial charge in [0.2, 0.25) is 0 Å². The minimum Gasteiger partial charge on any atom is -0.344 e. The molecular weight excluding hydrogens is 484 g/mol. The second-order valence-electron chi connectivity index (χ2n) is 10.5. The molecule has 4 aromatic rings. The van der Waals surface area contributed by atoms with Crippen molar-refractivity contribution in [2.24, 2.45) is 0 Å². The predicted molar refractivity (Wildman–Crippen MR) is 139 cm³/mol. The van der Waals surface area contributed by atoms with Crippen molar-refractivity contribution < 1.29 is 8.78 Å². The van der Waals surface area contributed by atoms with Crippen molar-refractivity contribution in [3.05, 3.63) is 71.6 Å². The van der Waals surface area contributed by atoms with E-state index in [1.807, 2.05) is 18.3 Å². The first kappa shape index (κ1) is 23.1. The van der Waals surface area contributed by atoms with Gasteiger partial charge in [0.05, 0.1) is 30.2 Å². The van der Waals surface area contributed by atoms with Crippen LogP contribution in [0.5, 0.6) is 0 Å². The van der Waals surface area contributed by atoms with E-state index in [2.05, 4.69) is 50.6 Å². The topological polar surface area (TPSA) is 96.4 Å². The van der Waals surface area contributed by atoms with E-state index in [0.29, 0.717) is 11.9 Å². The van der Waals surface area contributed by atoms with E-state index in [4.69, 9.17) is 4.98 Å². The lowest BCUT2D eigenvalue weighted by molar-refractivity contribution is 0.0157. The van der Waals surface area contributed by atoms with Crippen LogP contribution in [0, 0.1) is 11.5 Å². The van der Waals surface area contributed by atoms with Gasteiger partial charge in [-0.1, -0.05) is 42.5 Å². The van der Waals surface area contributed by atoms with Gasteiger partial charge in [0, 0.05) is 17.7 Å². The largest absolute Gasteiger partial charge is 0.344 e. The summed E-state index contributed by atoms with van der Waals surface area (Å²) in [4.78, 5) is 17.1. The number of halogens is 2. The summed E-state index contributed by atoms with van der Waals surface area (Å²) in [6.45, 7) is 0.482. The van der Waals surface area contributed by atoms with Crippen LogP contribution in [0.25, 0.3) is 33.6 Å². The Morgan fingerprint density at radius 3 is 2.61 bits per heavy atom. The van der Waals surface area contributed by atoms with Crippen LogP contribution in [0.15, 0.2) is 48.7 Å². The highest BCUT2D eigenvalue weighted by Crippen LogP contribution is 2.40. The Kier molecular flexibility index (Phi) is 5.34.